The zero-order chi connectivity index (χ0) is 13.2. The van der Waals surface area contributed by atoms with Crippen molar-refractivity contribution >= 4 is 11.8 Å². The van der Waals surface area contributed by atoms with Gasteiger partial charge < -0.3 is 10.5 Å². The molecule has 1 aromatic rings. The van der Waals surface area contributed by atoms with Gasteiger partial charge in [0.25, 0.3) is 0 Å². The van der Waals surface area contributed by atoms with Crippen LogP contribution in [0.4, 0.5) is 0 Å². The van der Waals surface area contributed by atoms with Crippen molar-refractivity contribution in [2.75, 3.05) is 31.6 Å². The average molecular weight is 278 g/mol. The van der Waals surface area contributed by atoms with E-state index >= 15 is 0 Å². The van der Waals surface area contributed by atoms with E-state index in [0.717, 1.165) is 30.3 Å². The zero-order valence-electron chi connectivity index (χ0n) is 11.4. The van der Waals surface area contributed by atoms with E-state index in [1.54, 1.807) is 0 Å². The fraction of sp³-hybridized carbons (Fsp3) is 0.600. The van der Waals surface area contributed by atoms with Crippen LogP contribution in [0.15, 0.2) is 24.3 Å². The minimum Gasteiger partial charge on any atom is -0.489 e. The molecule has 0 amide bonds. The molecular formula is C15H22N2OS. The summed E-state index contributed by atoms with van der Waals surface area (Å²) in [6.45, 7) is 1.90. The lowest BCUT2D eigenvalue weighted by molar-refractivity contribution is 0.240. The molecule has 2 saturated heterocycles. The molecule has 0 bridgehead atoms. The van der Waals surface area contributed by atoms with Gasteiger partial charge in [0.1, 0.15) is 11.9 Å². The van der Waals surface area contributed by atoms with Gasteiger partial charge in [-0.05, 0) is 43.6 Å². The molecule has 3 nitrogen and oxygen atoms in total. The summed E-state index contributed by atoms with van der Waals surface area (Å²) in [6.07, 6.45) is 1.60. The van der Waals surface area contributed by atoms with Crippen molar-refractivity contribution in [3.05, 3.63) is 29.8 Å². The van der Waals surface area contributed by atoms with Crippen molar-refractivity contribution in [2.45, 2.75) is 18.6 Å². The van der Waals surface area contributed by atoms with Crippen LogP contribution in [-0.2, 0) is 0 Å². The Morgan fingerprint density at radius 1 is 1.32 bits per heavy atom. The van der Waals surface area contributed by atoms with Crippen LogP contribution < -0.4 is 10.5 Å². The van der Waals surface area contributed by atoms with Gasteiger partial charge in [-0.2, -0.15) is 11.8 Å². The van der Waals surface area contributed by atoms with Gasteiger partial charge in [0, 0.05) is 24.1 Å². The maximum atomic E-state index is 5.88. The van der Waals surface area contributed by atoms with Crippen LogP contribution in [0.25, 0.3) is 0 Å². The van der Waals surface area contributed by atoms with Gasteiger partial charge in [-0.3, -0.25) is 4.90 Å². The zero-order valence-corrected chi connectivity index (χ0v) is 12.2. The molecule has 2 fully saturated rings. The van der Waals surface area contributed by atoms with E-state index in [1.165, 1.54) is 12.0 Å². The number of nitrogens with two attached hydrogens (primary N) is 1. The lowest BCUT2D eigenvalue weighted by atomic mass is 10.00. The van der Waals surface area contributed by atoms with Crippen molar-refractivity contribution in [2.24, 2.45) is 11.7 Å². The molecule has 2 atom stereocenters. The highest BCUT2D eigenvalue weighted by Gasteiger charge is 2.29. The number of ether oxygens (including phenoxy) is 1. The van der Waals surface area contributed by atoms with Crippen LogP contribution in [0.5, 0.6) is 5.75 Å². The van der Waals surface area contributed by atoms with Gasteiger partial charge >= 0.3 is 0 Å². The van der Waals surface area contributed by atoms with Crippen molar-refractivity contribution in [3.8, 4) is 5.75 Å². The Balaban J connectivity index is 1.64. The molecule has 2 unspecified atom stereocenters. The second-order valence-corrected chi connectivity index (χ2v) is 6.71. The highest BCUT2D eigenvalue weighted by Crippen LogP contribution is 2.34. The van der Waals surface area contributed by atoms with Crippen LogP contribution in [0.3, 0.4) is 0 Å². The normalized spacial score (nSPS) is 28.3. The van der Waals surface area contributed by atoms with E-state index in [4.69, 9.17) is 10.5 Å². The van der Waals surface area contributed by atoms with Crippen LogP contribution in [0, 0.1) is 5.92 Å². The molecule has 1 aromatic carbocycles. The first kappa shape index (κ1) is 13.3. The molecule has 3 rings (SSSR count). The number of benzene rings is 1. The van der Waals surface area contributed by atoms with Crippen LogP contribution >= 0.6 is 11.8 Å². The predicted molar refractivity (Wildman–Crippen MR) is 80.7 cm³/mol. The minimum atomic E-state index is 0.423. The summed E-state index contributed by atoms with van der Waals surface area (Å²) in [6, 6.07) is 9.16. The van der Waals surface area contributed by atoms with E-state index in [1.807, 2.05) is 11.8 Å². The molecule has 0 aliphatic carbocycles. The first-order valence-electron chi connectivity index (χ1n) is 7.01. The number of likely N-dealkylation sites (tertiary alicyclic amines) is 1. The number of nitrogens with zero attached hydrogens (tertiary/aromatic N) is 1. The second kappa shape index (κ2) is 5.73. The maximum Gasteiger partial charge on any atom is 0.119 e. The SMILES string of the molecule is CN1CC(CN)CC1c1ccc(OC2CSC2)cc1. The summed E-state index contributed by atoms with van der Waals surface area (Å²) in [5.41, 5.74) is 7.17. The average Bonchev–Trinajstić information content (AvgIpc) is 2.76. The Bertz CT molecular complexity index is 419. The smallest absolute Gasteiger partial charge is 0.119 e. The van der Waals surface area contributed by atoms with Crippen molar-refractivity contribution < 1.29 is 4.74 Å². The van der Waals surface area contributed by atoms with Gasteiger partial charge in [-0.25, -0.2) is 0 Å². The van der Waals surface area contributed by atoms with Gasteiger partial charge in [0.2, 0.25) is 0 Å². The van der Waals surface area contributed by atoms with E-state index in [9.17, 15) is 0 Å². The van der Waals surface area contributed by atoms with Crippen molar-refractivity contribution in [1.29, 1.82) is 0 Å². The maximum absolute atomic E-state index is 5.88. The molecule has 2 aliphatic rings. The quantitative estimate of drug-likeness (QED) is 0.916. The van der Waals surface area contributed by atoms with Crippen LogP contribution in [-0.4, -0.2) is 42.6 Å². The molecule has 4 heteroatoms. The molecule has 19 heavy (non-hydrogen) atoms. The molecule has 0 spiro atoms. The van der Waals surface area contributed by atoms with Crippen LogP contribution in [0.1, 0.15) is 18.0 Å². The number of thioether (sulfide) groups is 1. The third kappa shape index (κ3) is 2.91. The summed E-state index contributed by atoms with van der Waals surface area (Å²) in [5, 5.41) is 0. The Morgan fingerprint density at radius 2 is 2.05 bits per heavy atom. The highest BCUT2D eigenvalue weighted by atomic mass is 32.2. The topological polar surface area (TPSA) is 38.5 Å². The van der Waals surface area contributed by atoms with Gasteiger partial charge in [-0.15, -0.1) is 0 Å². The fourth-order valence-electron chi connectivity index (χ4n) is 2.91. The van der Waals surface area contributed by atoms with Gasteiger partial charge in [0.05, 0.1) is 0 Å². The standard InChI is InChI=1S/C15H22N2OS/c1-17-8-11(7-16)6-15(17)12-2-4-13(5-3-12)18-14-9-19-10-14/h2-5,11,14-15H,6-10,16H2,1H3. The Morgan fingerprint density at radius 3 is 2.58 bits per heavy atom. The second-order valence-electron chi connectivity index (χ2n) is 5.64. The third-order valence-corrected chi connectivity index (χ3v) is 5.36. The molecule has 0 radical (unpaired) electrons. The lowest BCUT2D eigenvalue weighted by Gasteiger charge is -2.26. The summed E-state index contributed by atoms with van der Waals surface area (Å²) >= 11 is 1.95. The Labute approximate surface area is 119 Å². The van der Waals surface area contributed by atoms with Gasteiger partial charge in [0.15, 0.2) is 0 Å². The van der Waals surface area contributed by atoms with Crippen molar-refractivity contribution in [1.82, 2.24) is 4.90 Å². The fourth-order valence-corrected chi connectivity index (χ4v) is 3.47. The molecule has 104 valence electrons. The molecule has 2 N–H and O–H groups in total. The summed E-state index contributed by atoms with van der Waals surface area (Å²) < 4.78 is 5.88. The highest BCUT2D eigenvalue weighted by molar-refractivity contribution is 8.00. The molecule has 2 heterocycles. The van der Waals surface area contributed by atoms with E-state index in [-0.39, 0.29) is 0 Å². The van der Waals surface area contributed by atoms with Gasteiger partial charge in [-0.1, -0.05) is 12.1 Å². The van der Waals surface area contributed by atoms with E-state index in [0.29, 0.717) is 18.1 Å². The molecule has 0 saturated carbocycles. The minimum absolute atomic E-state index is 0.423. The Hall–Kier alpha value is -0.710. The summed E-state index contributed by atoms with van der Waals surface area (Å²) in [4.78, 5) is 2.41. The largest absolute Gasteiger partial charge is 0.489 e. The molecule has 2 aliphatic heterocycles. The number of hydrogen-bond acceptors (Lipinski definition) is 4. The number of hydrogen-bond donors (Lipinski definition) is 1. The van der Waals surface area contributed by atoms with E-state index < -0.39 is 0 Å². The van der Waals surface area contributed by atoms with E-state index in [2.05, 4.69) is 36.2 Å². The Kier molecular flexibility index (Phi) is 4.01. The third-order valence-electron chi connectivity index (χ3n) is 4.14. The number of rotatable bonds is 4. The monoisotopic (exact) mass is 278 g/mol. The summed E-state index contributed by atoms with van der Waals surface area (Å²) in [5.74, 6) is 3.90. The first-order valence-corrected chi connectivity index (χ1v) is 8.16. The first-order chi connectivity index (χ1) is 9.26. The van der Waals surface area contributed by atoms with Crippen LogP contribution in [0.2, 0.25) is 0 Å². The molecule has 0 aromatic heterocycles. The summed E-state index contributed by atoms with van der Waals surface area (Å²) in [7, 11) is 2.19. The predicted octanol–water partition coefficient (Wildman–Crippen LogP) is 2.13. The molecular weight excluding hydrogens is 256 g/mol. The lowest BCUT2D eigenvalue weighted by Crippen LogP contribution is -2.31. The van der Waals surface area contributed by atoms with Crippen molar-refractivity contribution in [3.63, 3.8) is 0 Å².